The molecule has 0 saturated heterocycles. The molecule has 0 N–H and O–H groups in total. The van der Waals surface area contributed by atoms with Gasteiger partial charge in [-0.2, -0.15) is 0 Å². The molecule has 88 valence electrons. The van der Waals surface area contributed by atoms with Crippen LogP contribution in [0.25, 0.3) is 5.57 Å². The van der Waals surface area contributed by atoms with Gasteiger partial charge in [-0.15, -0.1) is 0 Å². The van der Waals surface area contributed by atoms with Gasteiger partial charge in [0.2, 0.25) is 0 Å². The molecule has 1 nitrogen and oxygen atoms in total. The van der Waals surface area contributed by atoms with Crippen molar-refractivity contribution in [3.8, 4) is 5.75 Å². The van der Waals surface area contributed by atoms with Gasteiger partial charge in [0.05, 0.1) is 6.10 Å². The van der Waals surface area contributed by atoms with Gasteiger partial charge in [-0.25, -0.2) is 0 Å². The van der Waals surface area contributed by atoms with E-state index in [9.17, 15) is 0 Å². The van der Waals surface area contributed by atoms with Crippen LogP contribution in [-0.4, -0.2) is 6.10 Å². The Kier molecular flexibility index (Phi) is 4.60. The van der Waals surface area contributed by atoms with Crippen LogP contribution in [-0.2, 0) is 0 Å². The quantitative estimate of drug-likeness (QED) is 0.705. The minimum absolute atomic E-state index is 0.277. The summed E-state index contributed by atoms with van der Waals surface area (Å²) in [6, 6.07) is 8.21. The molecule has 0 heterocycles. The van der Waals surface area contributed by atoms with Crippen molar-refractivity contribution in [1.29, 1.82) is 0 Å². The van der Waals surface area contributed by atoms with Crippen molar-refractivity contribution in [2.45, 2.75) is 40.2 Å². The van der Waals surface area contributed by atoms with E-state index in [1.807, 2.05) is 12.1 Å². The van der Waals surface area contributed by atoms with Gasteiger partial charge in [-0.3, -0.25) is 0 Å². The largest absolute Gasteiger partial charge is 0.491 e. The van der Waals surface area contributed by atoms with E-state index in [2.05, 4.69) is 46.4 Å². The van der Waals surface area contributed by atoms with E-state index in [1.54, 1.807) is 0 Å². The third-order valence-corrected chi connectivity index (χ3v) is 2.83. The van der Waals surface area contributed by atoms with Crippen molar-refractivity contribution >= 4 is 5.57 Å². The van der Waals surface area contributed by atoms with Crippen molar-refractivity contribution in [3.05, 3.63) is 36.4 Å². The molecule has 0 aromatic heterocycles. The molecular formula is C15H22O. The Morgan fingerprint density at radius 3 is 2.19 bits per heavy atom. The van der Waals surface area contributed by atoms with Gasteiger partial charge >= 0.3 is 0 Å². The lowest BCUT2D eigenvalue weighted by Crippen LogP contribution is -2.09. The maximum Gasteiger partial charge on any atom is 0.119 e. The Labute approximate surface area is 99.1 Å². The van der Waals surface area contributed by atoms with Gasteiger partial charge in [0.25, 0.3) is 0 Å². The zero-order valence-electron chi connectivity index (χ0n) is 10.8. The second-order valence-corrected chi connectivity index (χ2v) is 4.54. The fourth-order valence-corrected chi connectivity index (χ4v) is 1.40. The van der Waals surface area contributed by atoms with Crippen molar-refractivity contribution in [2.75, 3.05) is 0 Å². The predicted octanol–water partition coefficient (Wildman–Crippen LogP) is 4.53. The number of ether oxygens (including phenoxy) is 1. The summed E-state index contributed by atoms with van der Waals surface area (Å²) in [5.41, 5.74) is 2.38. The van der Waals surface area contributed by atoms with Crippen LogP contribution < -0.4 is 4.74 Å². The van der Waals surface area contributed by atoms with Crippen LogP contribution in [0.2, 0.25) is 0 Å². The minimum atomic E-state index is 0.277. The lowest BCUT2D eigenvalue weighted by molar-refractivity contribution is 0.217. The molecule has 0 amide bonds. The molecule has 0 bridgehead atoms. The predicted molar refractivity (Wildman–Crippen MR) is 70.7 cm³/mol. The number of allylic oxidation sites excluding steroid dienone is 1. The molecule has 1 heteroatoms. The smallest absolute Gasteiger partial charge is 0.119 e. The van der Waals surface area contributed by atoms with Crippen LogP contribution >= 0.6 is 0 Å². The number of hydrogen-bond donors (Lipinski definition) is 0. The first-order valence-electron chi connectivity index (χ1n) is 6.00. The molecule has 0 aliphatic carbocycles. The maximum absolute atomic E-state index is 5.73. The summed E-state index contributed by atoms with van der Waals surface area (Å²) < 4.78 is 5.73. The highest BCUT2D eigenvalue weighted by Crippen LogP contribution is 2.23. The number of hydrogen-bond acceptors (Lipinski definition) is 1. The Balaban J connectivity index is 2.71. The van der Waals surface area contributed by atoms with E-state index in [4.69, 9.17) is 4.74 Å². The summed E-state index contributed by atoms with van der Waals surface area (Å²) in [5.74, 6) is 1.43. The molecule has 1 rings (SSSR count). The summed E-state index contributed by atoms with van der Waals surface area (Å²) in [5, 5.41) is 0. The Hall–Kier alpha value is -1.24. The van der Waals surface area contributed by atoms with Crippen molar-refractivity contribution in [3.63, 3.8) is 0 Å². The zero-order chi connectivity index (χ0) is 12.1. The van der Waals surface area contributed by atoms with Gasteiger partial charge in [0, 0.05) is 0 Å². The van der Waals surface area contributed by atoms with E-state index in [0.29, 0.717) is 5.92 Å². The first-order chi connectivity index (χ1) is 7.54. The van der Waals surface area contributed by atoms with Gasteiger partial charge in [0.1, 0.15) is 5.75 Å². The minimum Gasteiger partial charge on any atom is -0.491 e. The topological polar surface area (TPSA) is 9.23 Å². The third-order valence-electron chi connectivity index (χ3n) is 2.83. The standard InChI is InChI=1S/C15H22O/c1-6-12(4)16-15-9-7-14(8-10-15)13(5)11(2)3/h7-12H,5-6H2,1-4H3. The van der Waals surface area contributed by atoms with Crippen LogP contribution in [0.3, 0.4) is 0 Å². The zero-order valence-corrected chi connectivity index (χ0v) is 10.8. The average molecular weight is 218 g/mol. The highest BCUT2D eigenvalue weighted by Gasteiger charge is 2.05. The van der Waals surface area contributed by atoms with E-state index in [0.717, 1.165) is 12.2 Å². The van der Waals surface area contributed by atoms with Gasteiger partial charge in [0.15, 0.2) is 0 Å². The molecule has 0 aliphatic heterocycles. The van der Waals surface area contributed by atoms with E-state index >= 15 is 0 Å². The molecule has 1 aromatic carbocycles. The summed E-state index contributed by atoms with van der Waals surface area (Å²) in [7, 11) is 0. The molecule has 1 aromatic rings. The number of benzene rings is 1. The summed E-state index contributed by atoms with van der Waals surface area (Å²) in [6.07, 6.45) is 1.31. The van der Waals surface area contributed by atoms with E-state index in [1.165, 1.54) is 11.1 Å². The molecule has 0 saturated carbocycles. The molecule has 0 fully saturated rings. The average Bonchev–Trinajstić information content (AvgIpc) is 2.28. The van der Waals surface area contributed by atoms with Crippen LogP contribution in [0.4, 0.5) is 0 Å². The highest BCUT2D eigenvalue weighted by molar-refractivity contribution is 5.65. The Morgan fingerprint density at radius 2 is 1.75 bits per heavy atom. The van der Waals surface area contributed by atoms with E-state index in [-0.39, 0.29) is 6.10 Å². The van der Waals surface area contributed by atoms with Crippen LogP contribution in [0.15, 0.2) is 30.8 Å². The molecular weight excluding hydrogens is 196 g/mol. The first kappa shape index (κ1) is 12.8. The van der Waals surface area contributed by atoms with Crippen LogP contribution in [0.1, 0.15) is 39.7 Å². The molecule has 1 atom stereocenters. The second-order valence-electron chi connectivity index (χ2n) is 4.54. The summed E-state index contributed by atoms with van der Waals surface area (Å²) in [6.45, 7) is 12.6. The van der Waals surface area contributed by atoms with Crippen molar-refractivity contribution in [2.24, 2.45) is 5.92 Å². The van der Waals surface area contributed by atoms with Gasteiger partial charge in [-0.05, 0) is 42.5 Å². The fourth-order valence-electron chi connectivity index (χ4n) is 1.40. The highest BCUT2D eigenvalue weighted by atomic mass is 16.5. The summed E-state index contributed by atoms with van der Waals surface area (Å²) in [4.78, 5) is 0. The molecule has 0 spiro atoms. The normalized spacial score (nSPS) is 12.6. The number of rotatable bonds is 5. The second kappa shape index (κ2) is 5.74. The van der Waals surface area contributed by atoms with Gasteiger partial charge < -0.3 is 4.74 Å². The molecule has 0 radical (unpaired) electrons. The Morgan fingerprint density at radius 1 is 1.19 bits per heavy atom. The molecule has 0 aliphatic rings. The van der Waals surface area contributed by atoms with Crippen molar-refractivity contribution in [1.82, 2.24) is 0 Å². The van der Waals surface area contributed by atoms with Crippen LogP contribution in [0.5, 0.6) is 5.75 Å². The van der Waals surface area contributed by atoms with Crippen molar-refractivity contribution < 1.29 is 4.74 Å². The fraction of sp³-hybridized carbons (Fsp3) is 0.467. The monoisotopic (exact) mass is 218 g/mol. The lowest BCUT2D eigenvalue weighted by Gasteiger charge is -2.14. The molecule has 1 unspecified atom stereocenters. The Bertz CT molecular complexity index is 335. The summed E-state index contributed by atoms with van der Waals surface area (Å²) >= 11 is 0. The van der Waals surface area contributed by atoms with Gasteiger partial charge in [-0.1, -0.05) is 39.5 Å². The van der Waals surface area contributed by atoms with Crippen LogP contribution in [0, 0.1) is 5.92 Å². The SMILES string of the molecule is C=C(c1ccc(OC(C)CC)cc1)C(C)C. The maximum atomic E-state index is 5.73. The third kappa shape index (κ3) is 3.41. The first-order valence-corrected chi connectivity index (χ1v) is 6.00. The van der Waals surface area contributed by atoms with E-state index < -0.39 is 0 Å². The molecule has 16 heavy (non-hydrogen) atoms. The lowest BCUT2D eigenvalue weighted by atomic mass is 9.97.